The van der Waals surface area contributed by atoms with E-state index in [1.54, 1.807) is 0 Å². The van der Waals surface area contributed by atoms with Crippen molar-refractivity contribution in [2.45, 2.75) is 19.3 Å². The molecular weight excluding hydrogens is 584 g/mol. The maximum absolute atomic E-state index is 10.6. The van der Waals surface area contributed by atoms with Gasteiger partial charge in [0.25, 0.3) is 0 Å². The van der Waals surface area contributed by atoms with Gasteiger partial charge in [-0.25, -0.2) is 14.6 Å². The minimum atomic E-state index is -5.08. The lowest BCUT2D eigenvalue weighted by atomic mass is 10.1. The van der Waals surface area contributed by atoms with Gasteiger partial charge in [0.05, 0.1) is 11.9 Å². The topological polar surface area (TPSA) is 111 Å². The van der Waals surface area contributed by atoms with Crippen molar-refractivity contribution in [1.82, 2.24) is 19.3 Å². The molecule has 0 saturated carbocycles. The van der Waals surface area contributed by atoms with Gasteiger partial charge < -0.3 is 20.0 Å². The molecule has 1 aliphatic heterocycles. The van der Waals surface area contributed by atoms with Crippen molar-refractivity contribution in [3.63, 3.8) is 0 Å². The maximum Gasteiger partial charge on any atom is 0.490 e. The number of alkyl halides is 6. The van der Waals surface area contributed by atoms with Crippen LogP contribution in [0.15, 0.2) is 67.1 Å². The summed E-state index contributed by atoms with van der Waals surface area (Å²) in [6.07, 6.45) is -4.28. The second-order valence-electron chi connectivity index (χ2n) is 9.42. The minimum Gasteiger partial charge on any atom is -0.475 e. The fourth-order valence-electron chi connectivity index (χ4n) is 4.01. The first kappa shape index (κ1) is 32.8. The number of carboxylic acid groups (broad SMARTS) is 2. The van der Waals surface area contributed by atoms with E-state index in [1.165, 1.54) is 16.8 Å². The Morgan fingerprint density at radius 1 is 0.767 bits per heavy atom. The van der Waals surface area contributed by atoms with E-state index in [0.717, 1.165) is 48.8 Å². The van der Waals surface area contributed by atoms with Crippen molar-refractivity contribution in [2.75, 3.05) is 38.1 Å². The highest BCUT2D eigenvalue weighted by Crippen LogP contribution is 2.27. The summed E-state index contributed by atoms with van der Waals surface area (Å²) in [4.78, 5) is 31.6. The number of fused-ring (bicyclic) bond motifs is 1. The van der Waals surface area contributed by atoms with Crippen LogP contribution in [-0.4, -0.2) is 87.0 Å². The summed E-state index contributed by atoms with van der Waals surface area (Å²) in [7, 11) is 2.19. The van der Waals surface area contributed by atoms with Gasteiger partial charge in [0, 0.05) is 55.5 Å². The Morgan fingerprint density at radius 3 is 1.84 bits per heavy atom. The Kier molecular flexibility index (Phi) is 10.3. The zero-order valence-electron chi connectivity index (χ0n) is 22.9. The van der Waals surface area contributed by atoms with Crippen molar-refractivity contribution >= 4 is 23.3 Å². The number of hydrogen-bond donors (Lipinski definition) is 2. The van der Waals surface area contributed by atoms with Crippen molar-refractivity contribution < 1.29 is 46.1 Å². The SMILES string of the molecule is Cc1cc(-c2cnc3cc(-c4ccc(N5CCN(C)CC5)cc4)ccn23)ccn1.O=C(O)C(F)(F)F.O=C(O)C(F)(F)F. The average molecular weight is 612 g/mol. The molecule has 0 amide bonds. The number of carbonyl (C=O) groups is 2. The molecular formula is C28H27F6N5O4. The van der Waals surface area contributed by atoms with E-state index in [2.05, 4.69) is 79.9 Å². The molecule has 5 rings (SSSR count). The van der Waals surface area contributed by atoms with Crippen LogP contribution >= 0.6 is 0 Å². The molecule has 0 spiro atoms. The van der Waals surface area contributed by atoms with Gasteiger partial charge in [-0.05, 0) is 61.5 Å². The Labute approximate surface area is 241 Å². The predicted octanol–water partition coefficient (Wildman–Crippen LogP) is 5.39. The number of imidazole rings is 1. The summed E-state index contributed by atoms with van der Waals surface area (Å²) in [6.45, 7) is 6.44. The van der Waals surface area contributed by atoms with Crippen LogP contribution in [0, 0.1) is 6.92 Å². The molecule has 4 aromatic rings. The van der Waals surface area contributed by atoms with Crippen LogP contribution in [0.1, 0.15) is 5.69 Å². The first-order valence-corrected chi connectivity index (χ1v) is 12.6. The lowest BCUT2D eigenvalue weighted by Crippen LogP contribution is -2.44. The molecule has 0 atom stereocenters. The standard InChI is InChI=1S/C24H25N5.2C2HF3O2/c1-18-15-21(7-9-25-18)23-17-26-24-16-20(8-10-29(23)24)19-3-5-22(6-4-19)28-13-11-27(2)12-14-28;2*3-2(4,5)1(6)7/h3-10,15-17H,11-14H2,1-2H3;2*(H,6,7). The van der Waals surface area contributed by atoms with Crippen LogP contribution in [0.25, 0.3) is 28.0 Å². The third-order valence-corrected chi connectivity index (χ3v) is 6.26. The Morgan fingerprint density at radius 2 is 1.33 bits per heavy atom. The third kappa shape index (κ3) is 9.16. The molecule has 2 N–H and O–H groups in total. The fourth-order valence-corrected chi connectivity index (χ4v) is 4.01. The zero-order valence-corrected chi connectivity index (χ0v) is 22.9. The fraction of sp³-hybridized carbons (Fsp3) is 0.286. The summed E-state index contributed by atoms with van der Waals surface area (Å²) in [5, 5.41) is 14.2. The summed E-state index contributed by atoms with van der Waals surface area (Å²) in [6, 6.07) is 17.4. The van der Waals surface area contributed by atoms with Gasteiger partial charge in [-0.2, -0.15) is 26.3 Å². The molecule has 1 aliphatic rings. The van der Waals surface area contributed by atoms with Crippen molar-refractivity contribution in [1.29, 1.82) is 0 Å². The zero-order chi connectivity index (χ0) is 31.9. The van der Waals surface area contributed by atoms with Crippen LogP contribution in [0.3, 0.4) is 0 Å². The summed E-state index contributed by atoms with van der Waals surface area (Å²) >= 11 is 0. The lowest BCUT2D eigenvalue weighted by molar-refractivity contribution is -0.193. The van der Waals surface area contributed by atoms with Crippen molar-refractivity contribution in [3.05, 3.63) is 72.8 Å². The van der Waals surface area contributed by atoms with E-state index >= 15 is 0 Å². The van der Waals surface area contributed by atoms with Gasteiger partial charge in [-0.1, -0.05) is 12.1 Å². The van der Waals surface area contributed by atoms with Crippen LogP contribution in [0.4, 0.5) is 32.0 Å². The number of aromatic nitrogens is 3. The van der Waals surface area contributed by atoms with Gasteiger partial charge in [0.2, 0.25) is 0 Å². The number of nitrogens with zero attached hydrogens (tertiary/aromatic N) is 5. The summed E-state index contributed by atoms with van der Waals surface area (Å²) in [5.74, 6) is -5.51. The summed E-state index contributed by atoms with van der Waals surface area (Å²) in [5.41, 5.74) is 7.89. The molecule has 1 saturated heterocycles. The number of pyridine rings is 2. The first-order chi connectivity index (χ1) is 20.1. The number of aryl methyl sites for hydroxylation is 1. The molecule has 4 heterocycles. The van der Waals surface area contributed by atoms with Gasteiger partial charge >= 0.3 is 24.3 Å². The number of halogens is 6. The third-order valence-electron chi connectivity index (χ3n) is 6.26. The largest absolute Gasteiger partial charge is 0.490 e. The Bertz CT molecular complexity index is 1520. The maximum atomic E-state index is 10.6. The van der Waals surface area contributed by atoms with Crippen LogP contribution < -0.4 is 4.90 Å². The molecule has 15 heteroatoms. The second kappa shape index (κ2) is 13.5. The predicted molar refractivity (Wildman–Crippen MR) is 146 cm³/mol. The molecule has 43 heavy (non-hydrogen) atoms. The molecule has 1 fully saturated rings. The molecule has 0 unspecified atom stereocenters. The van der Waals surface area contributed by atoms with E-state index in [4.69, 9.17) is 19.8 Å². The smallest absolute Gasteiger partial charge is 0.475 e. The molecule has 9 nitrogen and oxygen atoms in total. The molecule has 0 radical (unpaired) electrons. The van der Waals surface area contributed by atoms with Gasteiger partial charge in [0.1, 0.15) is 5.65 Å². The number of carboxylic acids is 2. The number of hydrogen-bond acceptors (Lipinski definition) is 6. The second-order valence-corrected chi connectivity index (χ2v) is 9.42. The normalized spacial score (nSPS) is 13.9. The van der Waals surface area contributed by atoms with Crippen LogP contribution in [0.2, 0.25) is 0 Å². The minimum absolute atomic E-state index is 0.954. The Hall–Kier alpha value is -4.66. The van der Waals surface area contributed by atoms with Crippen molar-refractivity contribution in [2.24, 2.45) is 0 Å². The molecule has 0 aliphatic carbocycles. The lowest BCUT2D eigenvalue weighted by Gasteiger charge is -2.34. The first-order valence-electron chi connectivity index (χ1n) is 12.6. The number of rotatable bonds is 3. The number of aliphatic carboxylic acids is 2. The highest BCUT2D eigenvalue weighted by molar-refractivity contribution is 5.74. The molecule has 230 valence electrons. The van der Waals surface area contributed by atoms with E-state index in [-0.39, 0.29) is 0 Å². The van der Waals surface area contributed by atoms with Crippen LogP contribution in [0.5, 0.6) is 0 Å². The Balaban J connectivity index is 0.000000303. The van der Waals surface area contributed by atoms with Gasteiger partial charge in [-0.15, -0.1) is 0 Å². The molecule has 3 aromatic heterocycles. The number of anilines is 1. The number of likely N-dealkylation sites (N-methyl/N-ethyl adjacent to an activating group) is 1. The quantitative estimate of drug-likeness (QED) is 0.297. The highest BCUT2D eigenvalue weighted by atomic mass is 19.4. The van der Waals surface area contributed by atoms with Crippen molar-refractivity contribution in [3.8, 4) is 22.4 Å². The monoisotopic (exact) mass is 611 g/mol. The molecule has 0 bridgehead atoms. The van der Waals surface area contributed by atoms with E-state index in [1.807, 2.05) is 25.4 Å². The van der Waals surface area contributed by atoms with E-state index in [9.17, 15) is 26.3 Å². The van der Waals surface area contributed by atoms with E-state index in [0.29, 0.717) is 0 Å². The van der Waals surface area contributed by atoms with E-state index < -0.39 is 24.3 Å². The van der Waals surface area contributed by atoms with Gasteiger partial charge in [-0.3, -0.25) is 9.38 Å². The average Bonchev–Trinajstić information content (AvgIpc) is 3.37. The number of piperazine rings is 1. The highest BCUT2D eigenvalue weighted by Gasteiger charge is 2.38. The van der Waals surface area contributed by atoms with Gasteiger partial charge in [0.15, 0.2) is 0 Å². The van der Waals surface area contributed by atoms with Crippen LogP contribution in [-0.2, 0) is 9.59 Å². The summed E-state index contributed by atoms with van der Waals surface area (Å²) < 4.78 is 65.6. The number of benzene rings is 1. The molecule has 1 aromatic carbocycles.